The Labute approximate surface area is 148 Å². The summed E-state index contributed by atoms with van der Waals surface area (Å²) in [5, 5.41) is 0. The lowest BCUT2D eigenvalue weighted by Crippen LogP contribution is -2.48. The van der Waals surface area contributed by atoms with Gasteiger partial charge in [0, 0.05) is 37.9 Å². The molecule has 1 saturated heterocycles. The maximum atomic E-state index is 5.72. The number of anilines is 1. The Bertz CT molecular complexity index is 698. The molecule has 0 aliphatic carbocycles. The predicted octanol–water partition coefficient (Wildman–Crippen LogP) is 3.20. The summed E-state index contributed by atoms with van der Waals surface area (Å²) in [7, 11) is 3.31. The van der Waals surface area contributed by atoms with E-state index in [1.165, 1.54) is 5.69 Å². The number of nitrogens with zero attached hydrogens (tertiary/aromatic N) is 2. The summed E-state index contributed by atoms with van der Waals surface area (Å²) in [5.41, 5.74) is 2.21. The second-order valence-electron chi connectivity index (χ2n) is 5.68. The Hall–Kier alpha value is -2.27. The molecule has 5 heteroatoms. The van der Waals surface area contributed by atoms with Crippen molar-refractivity contribution in [2.45, 2.75) is 0 Å². The number of methoxy groups -OCH3 is 2. The first kappa shape index (κ1) is 16.6. The van der Waals surface area contributed by atoms with E-state index in [0.29, 0.717) is 0 Å². The molecule has 1 fully saturated rings. The Kier molecular flexibility index (Phi) is 5.20. The van der Waals surface area contributed by atoms with Crippen molar-refractivity contribution in [2.75, 3.05) is 45.3 Å². The highest BCUT2D eigenvalue weighted by atomic mass is 32.1. The van der Waals surface area contributed by atoms with Crippen molar-refractivity contribution in [3.8, 4) is 11.5 Å². The zero-order chi connectivity index (χ0) is 16.9. The highest BCUT2D eigenvalue weighted by Gasteiger charge is 2.22. The van der Waals surface area contributed by atoms with E-state index in [0.717, 1.165) is 48.2 Å². The Morgan fingerprint density at radius 1 is 0.917 bits per heavy atom. The average molecular weight is 342 g/mol. The van der Waals surface area contributed by atoms with Crippen LogP contribution < -0.4 is 14.4 Å². The standard InChI is InChI=1S/C19H22N2O2S/c1-22-16-8-9-17(18(14-16)23-2)19(24)21-12-10-20(11-13-21)15-6-4-3-5-7-15/h3-9,14H,10-13H2,1-2H3. The molecule has 0 unspecified atom stereocenters. The van der Waals surface area contributed by atoms with Crippen molar-refractivity contribution in [1.29, 1.82) is 0 Å². The van der Waals surface area contributed by atoms with E-state index >= 15 is 0 Å². The Balaban J connectivity index is 1.69. The normalized spacial score (nSPS) is 14.4. The third-order valence-electron chi connectivity index (χ3n) is 4.33. The van der Waals surface area contributed by atoms with Gasteiger partial charge in [-0.3, -0.25) is 0 Å². The second kappa shape index (κ2) is 7.53. The molecule has 0 atom stereocenters. The molecule has 0 amide bonds. The zero-order valence-electron chi connectivity index (χ0n) is 14.1. The third-order valence-corrected chi connectivity index (χ3v) is 4.81. The molecule has 0 spiro atoms. The predicted molar refractivity (Wildman–Crippen MR) is 101 cm³/mol. The molecule has 24 heavy (non-hydrogen) atoms. The third kappa shape index (κ3) is 3.46. The van der Waals surface area contributed by atoms with Crippen LogP contribution in [0.1, 0.15) is 5.56 Å². The van der Waals surface area contributed by atoms with Gasteiger partial charge in [0.15, 0.2) is 0 Å². The number of para-hydroxylation sites is 1. The van der Waals surface area contributed by atoms with Crippen LogP contribution in [0.5, 0.6) is 11.5 Å². The maximum Gasteiger partial charge on any atom is 0.132 e. The summed E-state index contributed by atoms with van der Waals surface area (Å²) >= 11 is 5.72. The van der Waals surface area contributed by atoms with Gasteiger partial charge in [-0.15, -0.1) is 0 Å². The molecular formula is C19H22N2O2S. The van der Waals surface area contributed by atoms with E-state index in [1.807, 2.05) is 24.3 Å². The molecule has 2 aromatic carbocycles. The fourth-order valence-corrected chi connectivity index (χ4v) is 3.30. The first-order chi connectivity index (χ1) is 11.7. The van der Waals surface area contributed by atoms with Crippen molar-refractivity contribution in [2.24, 2.45) is 0 Å². The van der Waals surface area contributed by atoms with Crippen LogP contribution in [0.3, 0.4) is 0 Å². The van der Waals surface area contributed by atoms with Crippen molar-refractivity contribution in [3.63, 3.8) is 0 Å². The van der Waals surface area contributed by atoms with Crippen LogP contribution in [0.2, 0.25) is 0 Å². The van der Waals surface area contributed by atoms with Gasteiger partial charge in [0.25, 0.3) is 0 Å². The van der Waals surface area contributed by atoms with Crippen molar-refractivity contribution in [3.05, 3.63) is 54.1 Å². The van der Waals surface area contributed by atoms with Gasteiger partial charge in [0.2, 0.25) is 0 Å². The molecule has 2 aromatic rings. The topological polar surface area (TPSA) is 24.9 Å². The van der Waals surface area contributed by atoms with Crippen LogP contribution >= 0.6 is 12.2 Å². The number of hydrogen-bond donors (Lipinski definition) is 0. The summed E-state index contributed by atoms with van der Waals surface area (Å²) in [6.45, 7) is 3.73. The number of hydrogen-bond acceptors (Lipinski definition) is 4. The molecule has 0 N–H and O–H groups in total. The van der Waals surface area contributed by atoms with E-state index in [-0.39, 0.29) is 0 Å². The number of thiocarbonyl (C=S) groups is 1. The highest BCUT2D eigenvalue weighted by Crippen LogP contribution is 2.27. The minimum absolute atomic E-state index is 0.754. The Morgan fingerprint density at radius 2 is 1.62 bits per heavy atom. The Morgan fingerprint density at radius 3 is 2.25 bits per heavy atom. The number of rotatable bonds is 4. The quantitative estimate of drug-likeness (QED) is 0.795. The summed E-state index contributed by atoms with van der Waals surface area (Å²) in [5.74, 6) is 1.53. The zero-order valence-corrected chi connectivity index (χ0v) is 14.9. The lowest BCUT2D eigenvalue weighted by molar-refractivity contribution is 0.382. The number of piperazine rings is 1. The van der Waals surface area contributed by atoms with E-state index in [2.05, 4.69) is 34.1 Å². The molecule has 1 aliphatic rings. The smallest absolute Gasteiger partial charge is 0.132 e. The van der Waals surface area contributed by atoms with Crippen molar-refractivity contribution in [1.82, 2.24) is 4.90 Å². The molecule has 1 aliphatic heterocycles. The van der Waals surface area contributed by atoms with Crippen LogP contribution in [-0.4, -0.2) is 50.3 Å². The van der Waals surface area contributed by atoms with Gasteiger partial charge in [-0.1, -0.05) is 30.4 Å². The molecule has 126 valence electrons. The van der Waals surface area contributed by atoms with Gasteiger partial charge in [-0.25, -0.2) is 0 Å². The fraction of sp³-hybridized carbons (Fsp3) is 0.316. The largest absolute Gasteiger partial charge is 0.497 e. The summed E-state index contributed by atoms with van der Waals surface area (Å²) in [6.07, 6.45) is 0. The molecule has 0 saturated carbocycles. The maximum absolute atomic E-state index is 5.72. The van der Waals surface area contributed by atoms with E-state index in [1.54, 1.807) is 14.2 Å². The SMILES string of the molecule is COc1ccc(C(=S)N2CCN(c3ccccc3)CC2)c(OC)c1. The van der Waals surface area contributed by atoms with Gasteiger partial charge in [-0.2, -0.15) is 0 Å². The molecule has 0 bridgehead atoms. The summed E-state index contributed by atoms with van der Waals surface area (Å²) in [6, 6.07) is 16.3. The first-order valence-corrected chi connectivity index (χ1v) is 8.45. The van der Waals surface area contributed by atoms with E-state index in [9.17, 15) is 0 Å². The highest BCUT2D eigenvalue weighted by molar-refractivity contribution is 7.80. The van der Waals surface area contributed by atoms with E-state index in [4.69, 9.17) is 21.7 Å². The molecular weight excluding hydrogens is 320 g/mol. The van der Waals surface area contributed by atoms with Gasteiger partial charge in [-0.05, 0) is 24.3 Å². The van der Waals surface area contributed by atoms with Gasteiger partial charge in [0.1, 0.15) is 16.5 Å². The number of ether oxygens (including phenoxy) is 2. The van der Waals surface area contributed by atoms with Crippen LogP contribution in [0.25, 0.3) is 0 Å². The van der Waals surface area contributed by atoms with Gasteiger partial charge in [0.05, 0.1) is 19.8 Å². The van der Waals surface area contributed by atoms with Crippen LogP contribution in [-0.2, 0) is 0 Å². The lowest BCUT2D eigenvalue weighted by Gasteiger charge is -2.37. The lowest BCUT2D eigenvalue weighted by atomic mass is 10.1. The van der Waals surface area contributed by atoms with Crippen LogP contribution in [0, 0.1) is 0 Å². The van der Waals surface area contributed by atoms with Crippen LogP contribution in [0.15, 0.2) is 48.5 Å². The average Bonchev–Trinajstić information content (AvgIpc) is 2.67. The number of benzene rings is 2. The molecule has 0 radical (unpaired) electrons. The minimum atomic E-state index is 0.754. The molecule has 1 heterocycles. The van der Waals surface area contributed by atoms with Gasteiger partial charge >= 0.3 is 0 Å². The first-order valence-electron chi connectivity index (χ1n) is 8.04. The van der Waals surface area contributed by atoms with Crippen molar-refractivity contribution < 1.29 is 9.47 Å². The van der Waals surface area contributed by atoms with E-state index < -0.39 is 0 Å². The minimum Gasteiger partial charge on any atom is -0.497 e. The van der Waals surface area contributed by atoms with Crippen molar-refractivity contribution >= 4 is 22.9 Å². The monoisotopic (exact) mass is 342 g/mol. The van der Waals surface area contributed by atoms with Gasteiger partial charge < -0.3 is 19.3 Å². The molecule has 0 aromatic heterocycles. The second-order valence-corrected chi connectivity index (χ2v) is 6.07. The van der Waals surface area contributed by atoms with Crippen LogP contribution in [0.4, 0.5) is 5.69 Å². The molecule has 4 nitrogen and oxygen atoms in total. The fourth-order valence-electron chi connectivity index (χ4n) is 2.95. The summed E-state index contributed by atoms with van der Waals surface area (Å²) in [4.78, 5) is 5.48. The summed E-state index contributed by atoms with van der Waals surface area (Å²) < 4.78 is 10.7. The molecule has 3 rings (SSSR count).